The number of nitrogens with one attached hydrogen (secondary N) is 1. The normalized spacial score (nSPS) is 20.3. The largest absolute Gasteiger partial charge is 0.496 e. The van der Waals surface area contributed by atoms with Gasteiger partial charge in [-0.05, 0) is 19.1 Å². The highest BCUT2D eigenvalue weighted by Crippen LogP contribution is 2.34. The van der Waals surface area contributed by atoms with Crippen LogP contribution in [0, 0.1) is 0 Å². The summed E-state index contributed by atoms with van der Waals surface area (Å²) in [6.45, 7) is 1.98. The van der Waals surface area contributed by atoms with E-state index in [0.717, 1.165) is 11.3 Å². The first kappa shape index (κ1) is 12.5. The smallest absolute Gasteiger partial charge is 0.198 e. The van der Waals surface area contributed by atoms with E-state index in [1.54, 1.807) is 7.11 Å². The highest BCUT2D eigenvalue weighted by molar-refractivity contribution is 6.16. The SMILES string of the molecule is COc1cccc2c1C(=O)C(=CN(C)C)C(C)N2. The van der Waals surface area contributed by atoms with Crippen molar-refractivity contribution in [3.63, 3.8) is 0 Å². The van der Waals surface area contributed by atoms with Crippen LogP contribution in [0.1, 0.15) is 17.3 Å². The minimum absolute atomic E-state index is 0.000457. The molecule has 0 aliphatic carbocycles. The maximum Gasteiger partial charge on any atom is 0.198 e. The lowest BCUT2D eigenvalue weighted by Gasteiger charge is -2.27. The summed E-state index contributed by atoms with van der Waals surface area (Å²) in [5.74, 6) is 0.643. The van der Waals surface area contributed by atoms with E-state index in [9.17, 15) is 4.79 Å². The van der Waals surface area contributed by atoms with Gasteiger partial charge in [-0.15, -0.1) is 0 Å². The molecular weight excluding hydrogens is 228 g/mol. The molecule has 4 heteroatoms. The number of rotatable bonds is 2. The van der Waals surface area contributed by atoms with Gasteiger partial charge in [-0.3, -0.25) is 4.79 Å². The Morgan fingerprint density at radius 1 is 1.39 bits per heavy atom. The topological polar surface area (TPSA) is 41.6 Å². The first-order valence-corrected chi connectivity index (χ1v) is 5.91. The van der Waals surface area contributed by atoms with Crippen LogP contribution >= 0.6 is 0 Å². The average molecular weight is 246 g/mol. The summed E-state index contributed by atoms with van der Waals surface area (Å²) in [6.07, 6.45) is 1.86. The number of hydrogen-bond acceptors (Lipinski definition) is 4. The van der Waals surface area contributed by atoms with Crippen molar-refractivity contribution in [2.45, 2.75) is 13.0 Å². The molecule has 0 saturated heterocycles. The van der Waals surface area contributed by atoms with Crippen molar-refractivity contribution in [1.29, 1.82) is 0 Å². The van der Waals surface area contributed by atoms with E-state index in [-0.39, 0.29) is 11.8 Å². The molecule has 1 aliphatic rings. The molecule has 0 saturated carbocycles. The number of Topliss-reactive ketones (excluding diaryl/α,β-unsaturated/α-hetero) is 1. The number of fused-ring (bicyclic) bond motifs is 1. The third-order valence-corrected chi connectivity index (χ3v) is 2.97. The molecule has 18 heavy (non-hydrogen) atoms. The second-order valence-corrected chi connectivity index (χ2v) is 4.63. The van der Waals surface area contributed by atoms with Crippen molar-refractivity contribution in [2.24, 2.45) is 0 Å². The lowest BCUT2D eigenvalue weighted by molar-refractivity contribution is 0.102. The minimum Gasteiger partial charge on any atom is -0.496 e. The van der Waals surface area contributed by atoms with Gasteiger partial charge < -0.3 is 15.0 Å². The van der Waals surface area contributed by atoms with Crippen molar-refractivity contribution in [1.82, 2.24) is 4.90 Å². The van der Waals surface area contributed by atoms with E-state index in [1.165, 1.54) is 0 Å². The fourth-order valence-electron chi connectivity index (χ4n) is 2.16. The summed E-state index contributed by atoms with van der Waals surface area (Å²) < 4.78 is 5.27. The van der Waals surface area contributed by atoms with Crippen LogP contribution in [0.2, 0.25) is 0 Å². The molecule has 4 nitrogen and oxygen atoms in total. The van der Waals surface area contributed by atoms with Crippen LogP contribution in [0.3, 0.4) is 0 Å². The number of ether oxygens (including phenoxy) is 1. The molecule has 0 spiro atoms. The van der Waals surface area contributed by atoms with Crippen LogP contribution in [-0.4, -0.2) is 37.9 Å². The number of benzene rings is 1. The van der Waals surface area contributed by atoms with E-state index in [1.807, 2.05) is 50.3 Å². The summed E-state index contributed by atoms with van der Waals surface area (Å²) >= 11 is 0. The molecule has 1 aromatic rings. The lowest BCUT2D eigenvalue weighted by Crippen LogP contribution is -2.31. The van der Waals surface area contributed by atoms with E-state index >= 15 is 0 Å². The zero-order valence-electron chi connectivity index (χ0n) is 11.2. The summed E-state index contributed by atoms with van der Waals surface area (Å²) in [5, 5.41) is 3.32. The van der Waals surface area contributed by atoms with Crippen molar-refractivity contribution in [3.05, 3.63) is 35.5 Å². The first-order valence-electron chi connectivity index (χ1n) is 5.91. The van der Waals surface area contributed by atoms with Gasteiger partial charge >= 0.3 is 0 Å². The molecule has 1 unspecified atom stereocenters. The highest BCUT2D eigenvalue weighted by Gasteiger charge is 2.29. The second kappa shape index (κ2) is 4.72. The molecule has 1 heterocycles. The number of methoxy groups -OCH3 is 1. The Balaban J connectivity index is 2.54. The number of carbonyl (C=O) groups is 1. The third kappa shape index (κ3) is 2.06. The van der Waals surface area contributed by atoms with Crippen LogP contribution in [0.5, 0.6) is 5.75 Å². The van der Waals surface area contributed by atoms with Gasteiger partial charge in [-0.1, -0.05) is 6.07 Å². The predicted octanol–water partition coefficient (Wildman–Crippen LogP) is 2.14. The molecule has 0 amide bonds. The molecular formula is C14H18N2O2. The molecule has 1 aromatic carbocycles. The van der Waals surface area contributed by atoms with Gasteiger partial charge in [0.05, 0.1) is 18.7 Å². The maximum absolute atomic E-state index is 12.5. The van der Waals surface area contributed by atoms with Gasteiger partial charge in [-0.2, -0.15) is 0 Å². The van der Waals surface area contributed by atoms with Crippen LogP contribution in [-0.2, 0) is 0 Å². The van der Waals surface area contributed by atoms with Crippen LogP contribution in [0.25, 0.3) is 0 Å². The Morgan fingerprint density at radius 2 is 2.11 bits per heavy atom. The molecule has 96 valence electrons. The fourth-order valence-corrected chi connectivity index (χ4v) is 2.16. The van der Waals surface area contributed by atoms with Crippen molar-refractivity contribution in [3.8, 4) is 5.75 Å². The molecule has 0 bridgehead atoms. The number of nitrogens with zero attached hydrogens (tertiary/aromatic N) is 1. The van der Waals surface area contributed by atoms with Gasteiger partial charge in [0.1, 0.15) is 5.75 Å². The number of anilines is 1. The molecule has 1 aliphatic heterocycles. The summed E-state index contributed by atoms with van der Waals surface area (Å²) in [5.41, 5.74) is 2.20. The summed E-state index contributed by atoms with van der Waals surface area (Å²) in [7, 11) is 5.39. The minimum atomic E-state index is -0.000457. The molecule has 0 fully saturated rings. The van der Waals surface area contributed by atoms with Crippen LogP contribution in [0.15, 0.2) is 30.0 Å². The Labute approximate surface area is 107 Å². The zero-order chi connectivity index (χ0) is 13.3. The van der Waals surface area contributed by atoms with Gasteiger partial charge in [0.25, 0.3) is 0 Å². The number of ketones is 1. The third-order valence-electron chi connectivity index (χ3n) is 2.97. The Hall–Kier alpha value is -1.97. The Kier molecular flexibility index (Phi) is 3.28. The summed E-state index contributed by atoms with van der Waals surface area (Å²) in [4.78, 5) is 14.4. The van der Waals surface area contributed by atoms with Crippen LogP contribution < -0.4 is 10.1 Å². The molecule has 0 radical (unpaired) electrons. The van der Waals surface area contributed by atoms with Crippen LogP contribution in [0.4, 0.5) is 5.69 Å². The van der Waals surface area contributed by atoms with Crippen molar-refractivity contribution < 1.29 is 9.53 Å². The Bertz CT molecular complexity index is 507. The average Bonchev–Trinajstić information content (AvgIpc) is 2.33. The van der Waals surface area contributed by atoms with E-state index in [2.05, 4.69) is 5.32 Å². The van der Waals surface area contributed by atoms with Crippen molar-refractivity contribution in [2.75, 3.05) is 26.5 Å². The second-order valence-electron chi connectivity index (χ2n) is 4.63. The van der Waals surface area contributed by atoms with Gasteiger partial charge in [0, 0.05) is 31.6 Å². The zero-order valence-corrected chi connectivity index (χ0v) is 11.2. The first-order chi connectivity index (χ1) is 8.54. The van der Waals surface area contributed by atoms with Crippen molar-refractivity contribution >= 4 is 11.5 Å². The molecule has 1 N–H and O–H groups in total. The lowest BCUT2D eigenvalue weighted by atomic mass is 9.92. The van der Waals surface area contributed by atoms with E-state index < -0.39 is 0 Å². The molecule has 2 rings (SSSR count). The molecule has 0 aromatic heterocycles. The highest BCUT2D eigenvalue weighted by atomic mass is 16.5. The summed E-state index contributed by atoms with van der Waals surface area (Å²) in [6, 6.07) is 5.59. The Morgan fingerprint density at radius 3 is 2.72 bits per heavy atom. The van der Waals surface area contributed by atoms with Gasteiger partial charge in [0.2, 0.25) is 0 Å². The predicted molar refractivity (Wildman–Crippen MR) is 72.2 cm³/mol. The van der Waals surface area contributed by atoms with E-state index in [0.29, 0.717) is 11.3 Å². The monoisotopic (exact) mass is 246 g/mol. The number of hydrogen-bond donors (Lipinski definition) is 1. The maximum atomic E-state index is 12.5. The standard InChI is InChI=1S/C14H18N2O2/c1-9-10(8-16(2)3)14(17)13-11(15-9)6-5-7-12(13)18-4/h5-9,15H,1-4H3. The van der Waals surface area contributed by atoms with Gasteiger partial charge in [-0.25, -0.2) is 0 Å². The quantitative estimate of drug-likeness (QED) is 0.812. The number of carbonyl (C=O) groups excluding carboxylic acids is 1. The van der Waals surface area contributed by atoms with Gasteiger partial charge in [0.15, 0.2) is 5.78 Å². The molecule has 1 atom stereocenters. The fraction of sp³-hybridized carbons (Fsp3) is 0.357. The van der Waals surface area contributed by atoms with E-state index in [4.69, 9.17) is 4.74 Å².